The van der Waals surface area contributed by atoms with Gasteiger partial charge in [0.05, 0.1) is 0 Å². The number of anilines is 1. The fraction of sp³-hybridized carbons (Fsp3) is 0. The molecule has 0 radical (unpaired) electrons. The van der Waals surface area contributed by atoms with Crippen molar-refractivity contribution in [3.05, 3.63) is 88.4 Å². The summed E-state index contributed by atoms with van der Waals surface area (Å²) in [5, 5.41) is 21.3. The molecule has 1 amide bonds. The number of hydrogen-bond acceptors (Lipinski definition) is 6. The van der Waals surface area contributed by atoms with Gasteiger partial charge in [0.15, 0.2) is 0 Å². The minimum atomic E-state index is -4.12. The van der Waals surface area contributed by atoms with Crippen molar-refractivity contribution in [3.8, 4) is 17.6 Å². The van der Waals surface area contributed by atoms with Crippen LogP contribution in [0.25, 0.3) is 6.08 Å². The number of nitriles is 1. The molecule has 0 aliphatic heterocycles. The smallest absolute Gasteiger partial charge is 0.339 e. The van der Waals surface area contributed by atoms with Gasteiger partial charge in [0.1, 0.15) is 28.0 Å². The van der Waals surface area contributed by atoms with Gasteiger partial charge in [0.2, 0.25) is 0 Å². The van der Waals surface area contributed by atoms with E-state index in [-0.39, 0.29) is 27.5 Å². The molecule has 0 bridgehead atoms. The maximum Gasteiger partial charge on any atom is 0.339 e. The van der Waals surface area contributed by atoms with Crippen LogP contribution in [0.4, 0.5) is 5.69 Å². The van der Waals surface area contributed by atoms with E-state index in [1.807, 2.05) is 0 Å². The third-order valence-corrected chi connectivity index (χ3v) is 5.74. The van der Waals surface area contributed by atoms with E-state index >= 15 is 0 Å². The number of nitrogens with zero attached hydrogens (tertiary/aromatic N) is 1. The first-order valence-electron chi connectivity index (χ1n) is 8.80. The molecule has 0 atom stereocenters. The number of hydrogen-bond donors (Lipinski definition) is 2. The molecule has 3 rings (SSSR count). The van der Waals surface area contributed by atoms with Crippen LogP contribution in [-0.2, 0) is 14.9 Å². The van der Waals surface area contributed by atoms with Gasteiger partial charge in [-0.15, -0.1) is 0 Å². The largest absolute Gasteiger partial charge is 0.508 e. The highest BCUT2D eigenvalue weighted by atomic mass is 79.9. The molecule has 0 fully saturated rings. The lowest BCUT2D eigenvalue weighted by Gasteiger charge is -2.11. The lowest BCUT2D eigenvalue weighted by molar-refractivity contribution is -0.112. The van der Waals surface area contributed by atoms with Gasteiger partial charge >= 0.3 is 10.1 Å². The summed E-state index contributed by atoms with van der Waals surface area (Å²) in [7, 11) is -4.12. The highest BCUT2D eigenvalue weighted by Crippen LogP contribution is 2.28. The van der Waals surface area contributed by atoms with Gasteiger partial charge in [-0.2, -0.15) is 13.7 Å². The van der Waals surface area contributed by atoms with Crippen LogP contribution in [-0.4, -0.2) is 19.4 Å². The second kappa shape index (κ2) is 9.47. The molecule has 0 aliphatic rings. The van der Waals surface area contributed by atoms with Crippen LogP contribution >= 0.6 is 15.9 Å². The number of aromatic hydroxyl groups is 1. The van der Waals surface area contributed by atoms with Crippen molar-refractivity contribution in [2.24, 2.45) is 0 Å². The molecular weight excluding hydrogens is 484 g/mol. The second-order valence-electron chi connectivity index (χ2n) is 6.20. The van der Waals surface area contributed by atoms with Crippen LogP contribution in [0, 0.1) is 11.3 Å². The summed E-state index contributed by atoms with van der Waals surface area (Å²) in [4.78, 5) is 12.5. The first-order chi connectivity index (χ1) is 14.8. The third kappa shape index (κ3) is 5.72. The van der Waals surface area contributed by atoms with Gasteiger partial charge in [0.25, 0.3) is 5.91 Å². The molecule has 3 aromatic rings. The zero-order valence-electron chi connectivity index (χ0n) is 15.8. The molecule has 2 N–H and O–H groups in total. The Morgan fingerprint density at radius 1 is 1.06 bits per heavy atom. The average molecular weight is 499 g/mol. The van der Waals surface area contributed by atoms with Crippen LogP contribution < -0.4 is 9.50 Å². The fourth-order valence-corrected chi connectivity index (χ4v) is 3.86. The van der Waals surface area contributed by atoms with Gasteiger partial charge in [-0.1, -0.05) is 34.1 Å². The Morgan fingerprint density at radius 3 is 2.39 bits per heavy atom. The molecular formula is C22H15BrN2O5S. The van der Waals surface area contributed by atoms with Crippen LogP contribution in [0.15, 0.2) is 87.7 Å². The summed E-state index contributed by atoms with van der Waals surface area (Å²) in [6.07, 6.45) is 1.23. The van der Waals surface area contributed by atoms with E-state index in [9.17, 15) is 23.6 Å². The lowest BCUT2D eigenvalue weighted by atomic mass is 10.1. The highest BCUT2D eigenvalue weighted by molar-refractivity contribution is 9.10. The Labute approximate surface area is 187 Å². The van der Waals surface area contributed by atoms with Crippen LogP contribution in [0.1, 0.15) is 5.56 Å². The first kappa shape index (κ1) is 22.1. The van der Waals surface area contributed by atoms with E-state index < -0.39 is 16.0 Å². The topological polar surface area (TPSA) is 116 Å². The first-order valence-corrected chi connectivity index (χ1v) is 11.0. The molecule has 156 valence electrons. The molecule has 0 saturated carbocycles. The summed E-state index contributed by atoms with van der Waals surface area (Å²) in [5.74, 6) is -0.716. The van der Waals surface area contributed by atoms with E-state index in [1.165, 1.54) is 54.6 Å². The van der Waals surface area contributed by atoms with Crippen molar-refractivity contribution >= 4 is 43.7 Å². The van der Waals surface area contributed by atoms with E-state index in [4.69, 9.17) is 4.18 Å². The molecule has 3 aromatic carbocycles. The predicted molar refractivity (Wildman–Crippen MR) is 119 cm³/mol. The van der Waals surface area contributed by atoms with Gasteiger partial charge in [-0.3, -0.25) is 4.79 Å². The standard InChI is InChI=1S/C22H15BrN2O5S/c23-17-6-11-21(30-31(28,29)20-4-2-1-3-5-20)15(13-17)12-16(14-24)22(27)25-18-7-9-19(26)10-8-18/h1-13,26H,(H,25,27)/b16-12+. The number of amides is 1. The zero-order chi connectivity index (χ0) is 22.4. The molecule has 31 heavy (non-hydrogen) atoms. The zero-order valence-corrected chi connectivity index (χ0v) is 18.2. The summed E-state index contributed by atoms with van der Waals surface area (Å²) >= 11 is 3.29. The lowest BCUT2D eigenvalue weighted by Crippen LogP contribution is -2.14. The van der Waals surface area contributed by atoms with Crippen molar-refractivity contribution in [2.75, 3.05) is 5.32 Å². The monoisotopic (exact) mass is 498 g/mol. The Balaban J connectivity index is 1.93. The number of carbonyl (C=O) groups excluding carboxylic acids is 1. The number of phenolic OH excluding ortho intramolecular Hbond substituents is 1. The minimum Gasteiger partial charge on any atom is -0.508 e. The van der Waals surface area contributed by atoms with Gasteiger partial charge in [-0.05, 0) is 60.7 Å². The number of halogens is 1. The summed E-state index contributed by atoms with van der Waals surface area (Å²) in [5.41, 5.74) is 0.320. The van der Waals surface area contributed by atoms with Crippen molar-refractivity contribution in [1.29, 1.82) is 5.26 Å². The van der Waals surface area contributed by atoms with E-state index in [1.54, 1.807) is 30.3 Å². The Kier molecular flexibility index (Phi) is 6.74. The Morgan fingerprint density at radius 2 is 1.74 bits per heavy atom. The summed E-state index contributed by atoms with van der Waals surface area (Å²) < 4.78 is 31.0. The molecule has 0 aliphatic carbocycles. The van der Waals surface area contributed by atoms with Gasteiger partial charge in [0, 0.05) is 15.7 Å². The van der Waals surface area contributed by atoms with Crippen LogP contribution in [0.5, 0.6) is 11.5 Å². The van der Waals surface area contributed by atoms with E-state index in [0.717, 1.165) is 0 Å². The number of nitrogens with one attached hydrogen (secondary N) is 1. The number of rotatable bonds is 6. The van der Waals surface area contributed by atoms with Crippen molar-refractivity contribution in [1.82, 2.24) is 0 Å². The Hall–Kier alpha value is -3.61. The molecule has 0 aromatic heterocycles. The normalized spacial score (nSPS) is 11.4. The van der Waals surface area contributed by atoms with Crippen LogP contribution in [0.3, 0.4) is 0 Å². The second-order valence-corrected chi connectivity index (χ2v) is 8.67. The fourth-order valence-electron chi connectivity index (χ4n) is 2.51. The average Bonchev–Trinajstić information content (AvgIpc) is 2.75. The SMILES string of the molecule is N#C/C(=C\c1cc(Br)ccc1OS(=O)(=O)c1ccccc1)C(=O)Nc1ccc(O)cc1. The van der Waals surface area contributed by atoms with Crippen molar-refractivity contribution in [3.63, 3.8) is 0 Å². The highest BCUT2D eigenvalue weighted by Gasteiger charge is 2.19. The van der Waals surface area contributed by atoms with E-state index in [0.29, 0.717) is 10.2 Å². The molecule has 0 heterocycles. The molecule has 9 heteroatoms. The number of carbonyl (C=O) groups is 1. The molecule has 0 spiro atoms. The quantitative estimate of drug-likeness (QED) is 0.224. The molecule has 0 saturated heterocycles. The summed E-state index contributed by atoms with van der Waals surface area (Å²) in [6, 6.07) is 19.7. The van der Waals surface area contributed by atoms with Crippen molar-refractivity contribution < 1.29 is 22.5 Å². The predicted octanol–water partition coefficient (Wildman–Crippen LogP) is 4.47. The molecule has 0 unspecified atom stereocenters. The van der Waals surface area contributed by atoms with E-state index in [2.05, 4.69) is 21.2 Å². The maximum absolute atomic E-state index is 12.6. The third-order valence-electron chi connectivity index (χ3n) is 3.99. The van der Waals surface area contributed by atoms with Gasteiger partial charge < -0.3 is 14.6 Å². The summed E-state index contributed by atoms with van der Waals surface area (Å²) in [6.45, 7) is 0. The van der Waals surface area contributed by atoms with Gasteiger partial charge in [-0.25, -0.2) is 0 Å². The van der Waals surface area contributed by atoms with Crippen molar-refractivity contribution in [2.45, 2.75) is 4.90 Å². The number of phenols is 1. The molecule has 7 nitrogen and oxygen atoms in total. The number of benzene rings is 3. The van der Waals surface area contributed by atoms with Crippen LogP contribution in [0.2, 0.25) is 0 Å². The maximum atomic E-state index is 12.6. The minimum absolute atomic E-state index is 0.0292. The Bertz CT molecular complexity index is 1280.